The van der Waals surface area contributed by atoms with Crippen LogP contribution < -0.4 is 14.8 Å². The number of ether oxygens (including phenoxy) is 2. The first-order chi connectivity index (χ1) is 16.3. The van der Waals surface area contributed by atoms with Crippen molar-refractivity contribution >= 4 is 17.6 Å². The zero-order valence-corrected chi connectivity index (χ0v) is 20.2. The van der Waals surface area contributed by atoms with E-state index in [1.807, 2.05) is 6.07 Å². The molecule has 0 saturated heterocycles. The van der Waals surface area contributed by atoms with Gasteiger partial charge in [0.1, 0.15) is 11.5 Å². The van der Waals surface area contributed by atoms with Crippen LogP contribution >= 0.6 is 11.6 Å². The lowest BCUT2D eigenvalue weighted by atomic mass is 10.0. The van der Waals surface area contributed by atoms with Gasteiger partial charge in [-0.25, -0.2) is 4.79 Å². The molecule has 0 bridgehead atoms. The van der Waals surface area contributed by atoms with Gasteiger partial charge in [0.2, 0.25) is 0 Å². The van der Waals surface area contributed by atoms with Crippen LogP contribution in [0.4, 0.5) is 13.2 Å². The quantitative estimate of drug-likeness (QED) is 0.401. The third-order valence-corrected chi connectivity index (χ3v) is 5.66. The Bertz CT molecular complexity index is 1190. The number of benzene rings is 2. The molecule has 1 aromatic heterocycles. The monoisotopic (exact) mass is 511 g/mol. The third-order valence-electron chi connectivity index (χ3n) is 5.36. The largest absolute Gasteiger partial charge is 0.573 e. The number of likely N-dealkylation sites (N-methyl/N-ethyl adjacent to an activating group) is 1. The maximum Gasteiger partial charge on any atom is 0.573 e. The number of alkyl halides is 3. The van der Waals surface area contributed by atoms with Crippen molar-refractivity contribution in [1.82, 2.24) is 15.1 Å². The highest BCUT2D eigenvalue weighted by Gasteiger charge is 2.31. The molecule has 3 rings (SSSR count). The number of hydrogen-bond acceptors (Lipinski definition) is 5. The normalized spacial score (nSPS) is 12.9. The van der Waals surface area contributed by atoms with Crippen LogP contribution in [0.2, 0.25) is 5.02 Å². The molecular weight excluding hydrogens is 487 g/mol. The molecule has 0 aliphatic rings. The molecule has 1 atom stereocenters. The van der Waals surface area contributed by atoms with E-state index in [4.69, 9.17) is 16.3 Å². The Balaban J connectivity index is 1.77. The fourth-order valence-corrected chi connectivity index (χ4v) is 3.62. The van der Waals surface area contributed by atoms with Crippen LogP contribution in [-0.4, -0.2) is 39.9 Å². The second kappa shape index (κ2) is 10.2. The molecule has 7 nitrogen and oxygen atoms in total. The number of nitrogens with zero attached hydrogens (tertiary/aromatic N) is 2. The summed E-state index contributed by atoms with van der Waals surface area (Å²) in [5.74, 6) is -1.15. The van der Waals surface area contributed by atoms with Crippen molar-refractivity contribution in [2.45, 2.75) is 38.3 Å². The minimum Gasteiger partial charge on any atom is -0.478 e. The summed E-state index contributed by atoms with van der Waals surface area (Å²) in [5.41, 5.74) is 1.55. The lowest BCUT2D eigenvalue weighted by Gasteiger charge is -2.23. The third kappa shape index (κ3) is 6.67. The molecule has 0 fully saturated rings. The molecule has 1 unspecified atom stereocenters. The number of carboxylic acid groups (broad SMARTS) is 1. The van der Waals surface area contributed by atoms with E-state index in [0.29, 0.717) is 17.7 Å². The number of hydrogen-bond donors (Lipinski definition) is 2. The minimum absolute atomic E-state index is 0.153. The van der Waals surface area contributed by atoms with Gasteiger partial charge in [0, 0.05) is 30.8 Å². The Labute approximate surface area is 205 Å². The molecule has 35 heavy (non-hydrogen) atoms. The number of rotatable bonds is 9. The lowest BCUT2D eigenvalue weighted by molar-refractivity contribution is -0.274. The van der Waals surface area contributed by atoms with Crippen LogP contribution in [0.3, 0.4) is 0 Å². The number of carbonyl (C=O) groups is 1. The van der Waals surface area contributed by atoms with E-state index in [2.05, 4.69) is 15.2 Å². The molecule has 1 heterocycles. The van der Waals surface area contributed by atoms with Crippen molar-refractivity contribution in [3.63, 3.8) is 0 Å². The molecule has 3 aromatic rings. The SMILES string of the molecule is CNC(Cc1cc(-c2ccc(OC(F)(F)F)cc2)nn1C)c1ccc(OC(C)(C)C(=O)O)c(Cl)c1. The Kier molecular flexibility index (Phi) is 7.66. The summed E-state index contributed by atoms with van der Waals surface area (Å²) < 4.78 is 48.3. The highest BCUT2D eigenvalue weighted by atomic mass is 35.5. The molecule has 0 saturated carbocycles. The smallest absolute Gasteiger partial charge is 0.478 e. The summed E-state index contributed by atoms with van der Waals surface area (Å²) in [6.07, 6.45) is -4.21. The summed E-state index contributed by atoms with van der Waals surface area (Å²) in [6, 6.07) is 12.4. The van der Waals surface area contributed by atoms with Gasteiger partial charge in [-0.1, -0.05) is 17.7 Å². The molecule has 2 aromatic carbocycles. The number of halogens is 4. The number of nitrogens with one attached hydrogen (secondary N) is 1. The van der Waals surface area contributed by atoms with E-state index in [9.17, 15) is 23.1 Å². The number of aromatic nitrogens is 2. The van der Waals surface area contributed by atoms with Gasteiger partial charge in [-0.05, 0) is 68.9 Å². The molecule has 0 amide bonds. The first kappa shape index (κ1) is 26.4. The predicted molar refractivity (Wildman–Crippen MR) is 125 cm³/mol. The van der Waals surface area contributed by atoms with E-state index in [1.54, 1.807) is 37.0 Å². The Hall–Kier alpha value is -3.24. The van der Waals surface area contributed by atoms with Gasteiger partial charge in [-0.2, -0.15) is 5.10 Å². The Morgan fingerprint density at radius 3 is 2.34 bits per heavy atom. The van der Waals surface area contributed by atoms with Gasteiger partial charge in [0.15, 0.2) is 5.60 Å². The maximum absolute atomic E-state index is 12.4. The second-order valence-corrected chi connectivity index (χ2v) is 8.78. The van der Waals surface area contributed by atoms with Gasteiger partial charge in [0.25, 0.3) is 0 Å². The molecular formula is C24H25ClF3N3O4. The summed E-state index contributed by atoms with van der Waals surface area (Å²) in [7, 11) is 3.58. The topological polar surface area (TPSA) is 85.6 Å². The van der Waals surface area contributed by atoms with E-state index in [1.165, 1.54) is 38.1 Å². The predicted octanol–water partition coefficient (Wildman–Crippen LogP) is 5.38. The summed E-state index contributed by atoms with van der Waals surface area (Å²) >= 11 is 6.37. The van der Waals surface area contributed by atoms with Crippen LogP contribution in [0.1, 0.15) is 31.1 Å². The number of aliphatic carboxylic acids is 1. The zero-order valence-electron chi connectivity index (χ0n) is 19.5. The molecule has 188 valence electrons. The van der Waals surface area contributed by atoms with Crippen molar-refractivity contribution in [3.8, 4) is 22.8 Å². The van der Waals surface area contributed by atoms with Crippen molar-refractivity contribution in [1.29, 1.82) is 0 Å². The van der Waals surface area contributed by atoms with E-state index >= 15 is 0 Å². The second-order valence-electron chi connectivity index (χ2n) is 8.37. The average Bonchev–Trinajstić information content (AvgIpc) is 3.13. The molecule has 0 radical (unpaired) electrons. The van der Waals surface area contributed by atoms with Gasteiger partial charge in [-0.3, -0.25) is 4.68 Å². The van der Waals surface area contributed by atoms with Crippen LogP contribution in [0.15, 0.2) is 48.5 Å². The maximum atomic E-state index is 12.4. The standard InChI is InChI=1S/C24H25ClF3N3O4/c1-23(2,22(32)33)35-21-10-7-15(11-18(21)25)19(29-3)12-16-13-20(30-31(16)4)14-5-8-17(9-6-14)34-24(26,27)28/h5-11,13,19,29H,12H2,1-4H3,(H,32,33). The van der Waals surface area contributed by atoms with Gasteiger partial charge in [0.05, 0.1) is 10.7 Å². The van der Waals surface area contributed by atoms with E-state index < -0.39 is 17.9 Å². The van der Waals surface area contributed by atoms with Crippen molar-refractivity contribution < 1.29 is 32.5 Å². The van der Waals surface area contributed by atoms with Crippen molar-refractivity contribution in [2.75, 3.05) is 7.05 Å². The van der Waals surface area contributed by atoms with Gasteiger partial charge >= 0.3 is 12.3 Å². The Morgan fingerprint density at radius 1 is 1.14 bits per heavy atom. The first-order valence-corrected chi connectivity index (χ1v) is 10.9. The Morgan fingerprint density at radius 2 is 1.80 bits per heavy atom. The van der Waals surface area contributed by atoms with Crippen molar-refractivity contribution in [2.24, 2.45) is 7.05 Å². The molecule has 0 aliphatic carbocycles. The molecule has 0 spiro atoms. The van der Waals surface area contributed by atoms with Crippen LogP contribution in [0.5, 0.6) is 11.5 Å². The summed E-state index contributed by atoms with van der Waals surface area (Å²) in [6.45, 7) is 2.87. The van der Waals surface area contributed by atoms with Crippen LogP contribution in [-0.2, 0) is 18.3 Å². The molecule has 11 heteroatoms. The highest BCUT2D eigenvalue weighted by Crippen LogP contribution is 2.32. The van der Waals surface area contributed by atoms with Crippen LogP contribution in [0.25, 0.3) is 11.3 Å². The lowest BCUT2D eigenvalue weighted by Crippen LogP contribution is -2.38. The van der Waals surface area contributed by atoms with Crippen LogP contribution in [0, 0.1) is 0 Å². The van der Waals surface area contributed by atoms with Crippen molar-refractivity contribution in [3.05, 3.63) is 64.8 Å². The fourth-order valence-electron chi connectivity index (χ4n) is 3.40. The summed E-state index contributed by atoms with van der Waals surface area (Å²) in [5, 5.41) is 17.3. The van der Waals surface area contributed by atoms with E-state index in [-0.39, 0.29) is 22.6 Å². The van der Waals surface area contributed by atoms with Gasteiger partial charge in [-0.15, -0.1) is 13.2 Å². The molecule has 0 aliphatic heterocycles. The number of aryl methyl sites for hydroxylation is 1. The van der Waals surface area contributed by atoms with E-state index in [0.717, 1.165) is 11.3 Å². The highest BCUT2D eigenvalue weighted by molar-refractivity contribution is 6.32. The summed E-state index contributed by atoms with van der Waals surface area (Å²) in [4.78, 5) is 11.3. The average molecular weight is 512 g/mol. The molecule has 2 N–H and O–H groups in total. The zero-order chi connectivity index (χ0) is 26.0. The fraction of sp³-hybridized carbons (Fsp3) is 0.333. The first-order valence-electron chi connectivity index (χ1n) is 10.6. The minimum atomic E-state index is -4.75. The number of carboxylic acids is 1. The van der Waals surface area contributed by atoms with Gasteiger partial charge < -0.3 is 19.9 Å².